The summed E-state index contributed by atoms with van der Waals surface area (Å²) in [6, 6.07) is 11.4. The van der Waals surface area contributed by atoms with Gasteiger partial charge in [0.05, 0.1) is 16.4 Å². The second kappa shape index (κ2) is 8.10. The van der Waals surface area contributed by atoms with Gasteiger partial charge in [-0.2, -0.15) is 0 Å². The molecule has 3 rings (SSSR count). The lowest BCUT2D eigenvalue weighted by Crippen LogP contribution is -2.55. The van der Waals surface area contributed by atoms with Crippen LogP contribution in [0.25, 0.3) is 0 Å². The lowest BCUT2D eigenvalue weighted by molar-refractivity contribution is -0.384. The summed E-state index contributed by atoms with van der Waals surface area (Å²) in [4.78, 5) is 36.5. The van der Waals surface area contributed by atoms with Crippen molar-refractivity contribution in [3.8, 4) is 0 Å². The van der Waals surface area contributed by atoms with Crippen LogP contribution in [0.2, 0.25) is 0 Å². The van der Waals surface area contributed by atoms with Gasteiger partial charge in [0.15, 0.2) is 5.54 Å². The molecule has 0 saturated carbocycles. The average Bonchev–Trinajstić information content (AvgIpc) is 3.00. The average molecular weight is 446 g/mol. The van der Waals surface area contributed by atoms with E-state index in [-0.39, 0.29) is 23.6 Å². The molecule has 0 aromatic heterocycles. The molecule has 0 spiro atoms. The summed E-state index contributed by atoms with van der Waals surface area (Å²) in [5.74, 6) is -2.64. The van der Waals surface area contributed by atoms with Gasteiger partial charge in [-0.25, -0.2) is 17.5 Å². The first kappa shape index (κ1) is 22.4. The van der Waals surface area contributed by atoms with Crippen molar-refractivity contribution in [2.24, 2.45) is 0 Å². The molecule has 1 aliphatic rings. The van der Waals surface area contributed by atoms with E-state index in [1.54, 1.807) is 26.0 Å². The van der Waals surface area contributed by atoms with Gasteiger partial charge >= 0.3 is 5.97 Å². The monoisotopic (exact) mass is 446 g/mol. The number of amides is 1. The Morgan fingerprint density at radius 1 is 1.26 bits per heavy atom. The van der Waals surface area contributed by atoms with E-state index in [9.17, 15) is 28.1 Å². The second-order valence-corrected chi connectivity index (χ2v) is 9.24. The van der Waals surface area contributed by atoms with Gasteiger partial charge in [-0.15, -0.1) is 0 Å². The highest BCUT2D eigenvalue weighted by Gasteiger charge is 2.61. The number of nitro benzene ring substituents is 1. The molecule has 1 amide bonds. The van der Waals surface area contributed by atoms with Gasteiger partial charge in [0.2, 0.25) is 5.91 Å². The molecule has 1 saturated heterocycles. The summed E-state index contributed by atoms with van der Waals surface area (Å²) in [5.41, 5.74) is -1.00. The molecule has 9 nitrogen and oxygen atoms in total. The van der Waals surface area contributed by atoms with Gasteiger partial charge in [0.25, 0.3) is 15.7 Å². The maximum atomic E-state index is 13.4. The lowest BCUT2D eigenvalue weighted by atomic mass is 9.81. The molecule has 2 atom stereocenters. The molecule has 0 radical (unpaired) electrons. The van der Waals surface area contributed by atoms with Crippen LogP contribution in [0.1, 0.15) is 37.3 Å². The van der Waals surface area contributed by atoms with Crippen molar-refractivity contribution in [1.82, 2.24) is 4.31 Å². The van der Waals surface area contributed by atoms with Crippen LogP contribution < -0.4 is 0 Å². The second-order valence-electron chi connectivity index (χ2n) is 7.45. The van der Waals surface area contributed by atoms with Gasteiger partial charge in [0.1, 0.15) is 0 Å². The molecule has 164 valence electrons. The number of benzene rings is 2. The van der Waals surface area contributed by atoms with Gasteiger partial charge in [0, 0.05) is 24.5 Å². The zero-order chi connectivity index (χ0) is 23.0. The fourth-order valence-electron chi connectivity index (χ4n) is 3.86. The number of carbonyl (C=O) groups is 2. The summed E-state index contributed by atoms with van der Waals surface area (Å²) in [6.45, 7) is 4.66. The first-order chi connectivity index (χ1) is 14.5. The molecule has 0 unspecified atom stereocenters. The summed E-state index contributed by atoms with van der Waals surface area (Å²) < 4.78 is 32.6. The molecule has 2 aromatic carbocycles. The summed E-state index contributed by atoms with van der Waals surface area (Å²) in [5, 5.41) is 11.2. The zero-order valence-electron chi connectivity index (χ0n) is 17.3. The number of non-ortho nitro benzene ring substituents is 1. The number of carbonyl (C=O) groups excluding carboxylic acids is 2. The Morgan fingerprint density at radius 2 is 1.90 bits per heavy atom. The van der Waals surface area contributed by atoms with Crippen LogP contribution in [0.3, 0.4) is 0 Å². The van der Waals surface area contributed by atoms with E-state index >= 15 is 0 Å². The van der Waals surface area contributed by atoms with Crippen LogP contribution in [0.4, 0.5) is 5.69 Å². The minimum atomic E-state index is -4.39. The number of hydrogen-bond acceptors (Lipinski definition) is 7. The fourth-order valence-corrected chi connectivity index (χ4v) is 5.59. The molecule has 2 aromatic rings. The van der Waals surface area contributed by atoms with E-state index < -0.39 is 38.3 Å². The van der Waals surface area contributed by atoms with E-state index in [0.29, 0.717) is 9.87 Å². The lowest BCUT2D eigenvalue weighted by Gasteiger charge is -2.36. The van der Waals surface area contributed by atoms with Crippen molar-refractivity contribution < 1.29 is 27.7 Å². The van der Waals surface area contributed by atoms with Crippen LogP contribution in [0.15, 0.2) is 53.4 Å². The predicted molar refractivity (Wildman–Crippen MR) is 111 cm³/mol. The molecule has 1 heterocycles. The van der Waals surface area contributed by atoms with Crippen molar-refractivity contribution in [2.45, 2.75) is 43.5 Å². The van der Waals surface area contributed by atoms with E-state index in [1.807, 2.05) is 0 Å². The van der Waals surface area contributed by atoms with Crippen molar-refractivity contribution in [1.29, 1.82) is 0 Å². The number of sulfonamides is 1. The highest BCUT2D eigenvalue weighted by Crippen LogP contribution is 2.47. The van der Waals surface area contributed by atoms with E-state index in [2.05, 4.69) is 0 Å². The van der Waals surface area contributed by atoms with E-state index in [1.165, 1.54) is 43.3 Å². The van der Waals surface area contributed by atoms with Crippen LogP contribution >= 0.6 is 0 Å². The summed E-state index contributed by atoms with van der Waals surface area (Å²) in [7, 11) is -4.39. The normalized spacial score (nSPS) is 21.2. The Balaban J connectivity index is 2.18. The fraction of sp³-hybridized carbons (Fsp3) is 0.333. The quantitative estimate of drug-likeness (QED) is 0.380. The number of esters is 1. The Morgan fingerprint density at radius 3 is 2.48 bits per heavy atom. The number of nitro groups is 1. The van der Waals surface area contributed by atoms with Crippen LogP contribution in [0, 0.1) is 17.0 Å². The minimum Gasteiger partial charge on any atom is -0.464 e. The van der Waals surface area contributed by atoms with E-state index in [4.69, 9.17) is 4.74 Å². The van der Waals surface area contributed by atoms with Gasteiger partial charge in [-0.3, -0.25) is 14.9 Å². The van der Waals surface area contributed by atoms with Crippen LogP contribution in [-0.2, 0) is 24.3 Å². The van der Waals surface area contributed by atoms with Crippen molar-refractivity contribution in [3.05, 3.63) is 69.8 Å². The number of nitrogens with zero attached hydrogens (tertiary/aromatic N) is 2. The highest BCUT2D eigenvalue weighted by atomic mass is 32.2. The van der Waals surface area contributed by atoms with Crippen LogP contribution in [0.5, 0.6) is 0 Å². The third kappa shape index (κ3) is 3.78. The number of ether oxygens (including phenoxy) is 1. The predicted octanol–water partition coefficient (Wildman–Crippen LogP) is 2.93. The topological polar surface area (TPSA) is 124 Å². The molecule has 1 fully saturated rings. The smallest absolute Gasteiger partial charge is 0.333 e. The standard InChI is InChI=1S/C21H22N2O7S/c1-4-30-20(25)21(3)18(15-6-5-7-16(12-15)23(26)27)13-19(24)22(21)31(28,29)17-10-8-14(2)9-11-17/h5-12,18H,4,13H2,1-3H3/t18-,21+/m1/s1. The third-order valence-corrected chi connectivity index (χ3v) is 7.37. The van der Waals surface area contributed by atoms with Crippen LogP contribution in [-0.4, -0.2) is 41.7 Å². The number of rotatable bonds is 6. The zero-order valence-corrected chi connectivity index (χ0v) is 18.1. The molecule has 1 aliphatic heterocycles. The molecule has 31 heavy (non-hydrogen) atoms. The summed E-state index contributed by atoms with van der Waals surface area (Å²) >= 11 is 0. The van der Waals surface area contributed by atoms with Gasteiger partial charge in [-0.05, 0) is 38.5 Å². The molecule has 0 aliphatic carbocycles. The molecule has 0 bridgehead atoms. The first-order valence-corrected chi connectivity index (χ1v) is 11.0. The Labute approximate surface area is 179 Å². The third-order valence-electron chi connectivity index (χ3n) is 5.44. The molecule has 0 N–H and O–H groups in total. The van der Waals surface area contributed by atoms with Crippen molar-refractivity contribution in [3.63, 3.8) is 0 Å². The van der Waals surface area contributed by atoms with Crippen molar-refractivity contribution in [2.75, 3.05) is 6.61 Å². The van der Waals surface area contributed by atoms with E-state index in [0.717, 1.165) is 5.56 Å². The molecular formula is C21H22N2O7S. The SMILES string of the molecule is CCOC(=O)[C@]1(C)[C@@H](c2cccc([N+](=O)[O-])c2)CC(=O)N1S(=O)(=O)c1ccc(C)cc1. The minimum absolute atomic E-state index is 0.0251. The maximum absolute atomic E-state index is 13.4. The largest absolute Gasteiger partial charge is 0.464 e. The maximum Gasteiger partial charge on any atom is 0.333 e. The molecular weight excluding hydrogens is 424 g/mol. The highest BCUT2D eigenvalue weighted by molar-refractivity contribution is 7.89. The van der Waals surface area contributed by atoms with Gasteiger partial charge in [-0.1, -0.05) is 29.8 Å². The Hall–Kier alpha value is -3.27. The first-order valence-electron chi connectivity index (χ1n) is 9.60. The Kier molecular flexibility index (Phi) is 5.86. The summed E-state index contributed by atoms with van der Waals surface area (Å²) in [6.07, 6.45) is -0.318. The number of aryl methyl sites for hydroxylation is 1. The van der Waals surface area contributed by atoms with Gasteiger partial charge < -0.3 is 4.74 Å². The Bertz CT molecular complexity index is 1140. The molecule has 10 heteroatoms. The number of hydrogen-bond donors (Lipinski definition) is 0. The van der Waals surface area contributed by atoms with Crippen molar-refractivity contribution >= 4 is 27.6 Å².